The van der Waals surface area contributed by atoms with E-state index in [1.54, 1.807) is 32.0 Å². The van der Waals surface area contributed by atoms with Gasteiger partial charge in [0, 0.05) is 10.6 Å². The molecule has 0 atom stereocenters. The first-order valence-corrected chi connectivity index (χ1v) is 10.4. The molecule has 1 amide bonds. The predicted octanol–water partition coefficient (Wildman–Crippen LogP) is 4.48. The quantitative estimate of drug-likeness (QED) is 0.628. The van der Waals surface area contributed by atoms with Crippen LogP contribution in [0, 0.1) is 0 Å². The molecular weight excluding hydrogens is 425 g/mol. The monoisotopic (exact) mass is 439 g/mol. The molecule has 7 nitrogen and oxygen atoms in total. The molecule has 0 saturated carbocycles. The van der Waals surface area contributed by atoms with Gasteiger partial charge in [0.25, 0.3) is 5.91 Å². The summed E-state index contributed by atoms with van der Waals surface area (Å²) in [6, 6.07) is 10.5. The Morgan fingerprint density at radius 3 is 2.57 bits per heavy atom. The van der Waals surface area contributed by atoms with Crippen LogP contribution < -0.4 is 5.32 Å². The molecule has 10 heteroatoms. The third-order valence-corrected chi connectivity index (χ3v) is 6.57. The van der Waals surface area contributed by atoms with Crippen LogP contribution in [0.15, 0.2) is 51.8 Å². The summed E-state index contributed by atoms with van der Waals surface area (Å²) in [4.78, 5) is 12.5. The molecule has 0 fully saturated rings. The number of rotatable bonds is 5. The molecule has 0 spiro atoms. The van der Waals surface area contributed by atoms with Crippen LogP contribution in [-0.4, -0.2) is 29.8 Å². The van der Waals surface area contributed by atoms with Gasteiger partial charge in [0.05, 0.1) is 20.7 Å². The fourth-order valence-electron chi connectivity index (χ4n) is 2.30. The molecule has 0 aliphatic heterocycles. The van der Waals surface area contributed by atoms with Crippen molar-refractivity contribution in [2.45, 2.75) is 24.0 Å². The number of carbonyl (C=O) groups excluding carboxylic acids is 1. The van der Waals surface area contributed by atoms with Gasteiger partial charge in [0.15, 0.2) is 9.84 Å². The van der Waals surface area contributed by atoms with Crippen LogP contribution in [0.25, 0.3) is 11.5 Å². The summed E-state index contributed by atoms with van der Waals surface area (Å²) in [5.41, 5.74) is 0.564. The van der Waals surface area contributed by atoms with Crippen molar-refractivity contribution >= 4 is 45.0 Å². The summed E-state index contributed by atoms with van der Waals surface area (Å²) in [6.45, 7) is 3.20. The number of benzene rings is 2. The average molecular weight is 440 g/mol. The van der Waals surface area contributed by atoms with E-state index in [9.17, 15) is 13.2 Å². The second kappa shape index (κ2) is 7.90. The highest BCUT2D eigenvalue weighted by atomic mass is 35.5. The summed E-state index contributed by atoms with van der Waals surface area (Å²) in [5.74, 6) is -0.507. The molecule has 2 aromatic carbocycles. The normalized spacial score (nSPS) is 11.6. The fourth-order valence-corrected chi connectivity index (χ4v) is 3.78. The van der Waals surface area contributed by atoms with Crippen molar-refractivity contribution in [3.05, 3.63) is 58.1 Å². The van der Waals surface area contributed by atoms with Gasteiger partial charge in [-0.05, 0) is 50.2 Å². The number of carbonyl (C=O) groups is 1. The van der Waals surface area contributed by atoms with E-state index in [-0.39, 0.29) is 27.4 Å². The van der Waals surface area contributed by atoms with E-state index in [2.05, 4.69) is 15.5 Å². The SMILES string of the molecule is CC(C)S(=O)(=O)c1cccc(-c2nnc(NC(=O)c3cc(Cl)ccc3Cl)o2)c1. The van der Waals surface area contributed by atoms with Crippen LogP contribution in [0.4, 0.5) is 6.01 Å². The molecule has 28 heavy (non-hydrogen) atoms. The van der Waals surface area contributed by atoms with Crippen LogP contribution in [0.3, 0.4) is 0 Å². The maximum Gasteiger partial charge on any atom is 0.322 e. The number of nitrogens with zero attached hydrogens (tertiary/aromatic N) is 2. The molecule has 0 saturated heterocycles. The smallest absolute Gasteiger partial charge is 0.322 e. The Morgan fingerprint density at radius 2 is 1.86 bits per heavy atom. The van der Waals surface area contributed by atoms with E-state index in [1.807, 2.05) is 0 Å². The van der Waals surface area contributed by atoms with Crippen molar-refractivity contribution in [2.75, 3.05) is 5.32 Å². The first-order chi connectivity index (χ1) is 13.2. The summed E-state index contributed by atoms with van der Waals surface area (Å²) in [7, 11) is -3.45. The van der Waals surface area contributed by atoms with Crippen molar-refractivity contribution in [3.63, 3.8) is 0 Å². The molecule has 0 aliphatic rings. The molecular formula is C18H15Cl2N3O4S. The Balaban J connectivity index is 1.85. The summed E-state index contributed by atoms with van der Waals surface area (Å²) in [5, 5.41) is 10.1. The number of anilines is 1. The molecule has 0 radical (unpaired) electrons. The van der Waals surface area contributed by atoms with Crippen LogP contribution in [0.2, 0.25) is 10.0 Å². The Morgan fingerprint density at radius 1 is 1.11 bits per heavy atom. The van der Waals surface area contributed by atoms with Gasteiger partial charge < -0.3 is 4.42 Å². The predicted molar refractivity (Wildman–Crippen MR) is 106 cm³/mol. The van der Waals surface area contributed by atoms with Gasteiger partial charge in [-0.15, -0.1) is 5.10 Å². The number of nitrogens with one attached hydrogen (secondary N) is 1. The number of hydrogen-bond acceptors (Lipinski definition) is 6. The second-order valence-corrected chi connectivity index (χ2v) is 9.46. The largest absolute Gasteiger partial charge is 0.403 e. The first-order valence-electron chi connectivity index (χ1n) is 8.12. The molecule has 1 aromatic heterocycles. The molecule has 3 rings (SSSR count). The van der Waals surface area contributed by atoms with Crippen molar-refractivity contribution < 1.29 is 17.6 Å². The zero-order valence-corrected chi connectivity index (χ0v) is 17.1. The van der Waals surface area contributed by atoms with Crippen LogP contribution in [0.1, 0.15) is 24.2 Å². The van der Waals surface area contributed by atoms with Crippen molar-refractivity contribution in [1.29, 1.82) is 0 Å². The summed E-state index contributed by atoms with van der Waals surface area (Å²) < 4.78 is 30.1. The van der Waals surface area contributed by atoms with E-state index >= 15 is 0 Å². The van der Waals surface area contributed by atoms with Gasteiger partial charge in [-0.25, -0.2) is 8.42 Å². The van der Waals surface area contributed by atoms with E-state index in [0.29, 0.717) is 10.6 Å². The van der Waals surface area contributed by atoms with E-state index in [4.69, 9.17) is 27.6 Å². The molecule has 0 aliphatic carbocycles. The second-order valence-electron chi connectivity index (χ2n) is 6.11. The zero-order chi connectivity index (χ0) is 20.5. The maximum atomic E-state index is 12.3. The van der Waals surface area contributed by atoms with Gasteiger partial charge in [-0.3, -0.25) is 10.1 Å². The first kappa shape index (κ1) is 20.3. The molecule has 3 aromatic rings. The minimum atomic E-state index is -3.45. The highest BCUT2D eigenvalue weighted by Crippen LogP contribution is 2.26. The Bertz CT molecular complexity index is 1140. The van der Waals surface area contributed by atoms with Crippen molar-refractivity contribution in [1.82, 2.24) is 10.2 Å². The number of hydrogen-bond donors (Lipinski definition) is 1. The fraction of sp³-hybridized carbons (Fsp3) is 0.167. The molecule has 0 bridgehead atoms. The Hall–Kier alpha value is -2.42. The minimum Gasteiger partial charge on any atom is -0.403 e. The lowest BCUT2D eigenvalue weighted by molar-refractivity contribution is 0.102. The molecule has 1 heterocycles. The van der Waals surface area contributed by atoms with Crippen LogP contribution >= 0.6 is 23.2 Å². The zero-order valence-electron chi connectivity index (χ0n) is 14.8. The Kier molecular flexibility index (Phi) is 5.74. The van der Waals surface area contributed by atoms with Gasteiger partial charge in [-0.2, -0.15) is 0 Å². The molecule has 0 unspecified atom stereocenters. The Labute approximate surface area is 171 Å². The van der Waals surface area contributed by atoms with Gasteiger partial charge in [0.1, 0.15) is 0 Å². The lowest BCUT2D eigenvalue weighted by atomic mass is 10.2. The molecule has 1 N–H and O–H groups in total. The summed E-state index contributed by atoms with van der Waals surface area (Å²) in [6.07, 6.45) is 0. The minimum absolute atomic E-state index is 0.0632. The highest BCUT2D eigenvalue weighted by Gasteiger charge is 2.21. The standard InChI is InChI=1S/C18H15Cl2N3O4S/c1-10(2)28(25,26)13-5-3-4-11(8-13)17-22-23-18(27-17)21-16(24)14-9-12(19)6-7-15(14)20/h3-10H,1-2H3,(H,21,23,24). The third-order valence-electron chi connectivity index (χ3n) is 3.85. The van der Waals surface area contributed by atoms with E-state index in [1.165, 1.54) is 24.3 Å². The lowest BCUT2D eigenvalue weighted by Gasteiger charge is -2.08. The van der Waals surface area contributed by atoms with Gasteiger partial charge in [-0.1, -0.05) is 34.4 Å². The lowest BCUT2D eigenvalue weighted by Crippen LogP contribution is -2.13. The topological polar surface area (TPSA) is 102 Å². The van der Waals surface area contributed by atoms with E-state index in [0.717, 1.165) is 0 Å². The van der Waals surface area contributed by atoms with Gasteiger partial charge in [0.2, 0.25) is 5.89 Å². The van der Waals surface area contributed by atoms with Crippen molar-refractivity contribution in [3.8, 4) is 11.5 Å². The number of aromatic nitrogens is 2. The number of amides is 1. The van der Waals surface area contributed by atoms with Crippen LogP contribution in [-0.2, 0) is 9.84 Å². The van der Waals surface area contributed by atoms with Crippen LogP contribution in [0.5, 0.6) is 0 Å². The highest BCUT2D eigenvalue weighted by molar-refractivity contribution is 7.92. The third kappa shape index (κ3) is 4.19. The van der Waals surface area contributed by atoms with E-state index < -0.39 is 21.0 Å². The summed E-state index contributed by atoms with van der Waals surface area (Å²) >= 11 is 11.9. The number of sulfone groups is 1. The maximum absolute atomic E-state index is 12.3. The van der Waals surface area contributed by atoms with Crippen molar-refractivity contribution in [2.24, 2.45) is 0 Å². The average Bonchev–Trinajstić information content (AvgIpc) is 3.12. The van der Waals surface area contributed by atoms with Gasteiger partial charge >= 0.3 is 6.01 Å². The number of halogens is 2. The molecule has 146 valence electrons.